The second-order valence-electron chi connectivity index (χ2n) is 3.39. The minimum Gasteiger partial charge on any atom is -0.321 e. The van der Waals surface area contributed by atoms with E-state index in [2.05, 4.69) is 13.7 Å². The van der Waals surface area contributed by atoms with Crippen molar-refractivity contribution in [2.24, 2.45) is 0 Å². The van der Waals surface area contributed by atoms with Crippen LogP contribution >= 0.6 is 30.8 Å². The van der Waals surface area contributed by atoms with Gasteiger partial charge >= 0.3 is 7.60 Å². The maximum Gasteiger partial charge on any atom is 0.381 e. The van der Waals surface area contributed by atoms with E-state index in [4.69, 9.17) is 23.2 Å². The zero-order valence-corrected chi connectivity index (χ0v) is 13.4. The maximum absolute atomic E-state index is 11.8. The van der Waals surface area contributed by atoms with Gasteiger partial charge in [-0.25, -0.2) is 4.89 Å². The molecule has 0 aliphatic rings. The maximum atomic E-state index is 11.8. The minimum atomic E-state index is -4.36. The zero-order valence-electron chi connectivity index (χ0n) is 10.2. The fraction of sp³-hybridized carbons (Fsp3) is 0.333. The van der Waals surface area contributed by atoms with Gasteiger partial charge in [0.1, 0.15) is 4.90 Å². The second kappa shape index (κ2) is 7.20. The topological polar surface area (TPSA) is 99.1 Å². The van der Waals surface area contributed by atoms with Crippen molar-refractivity contribution in [1.82, 2.24) is 0 Å². The van der Waals surface area contributed by atoms with E-state index >= 15 is 0 Å². The zero-order chi connectivity index (χ0) is 15.4. The Morgan fingerprint density at radius 1 is 1.35 bits per heavy atom. The van der Waals surface area contributed by atoms with Gasteiger partial charge in [0.15, 0.2) is 6.35 Å². The molecule has 1 aromatic carbocycles. The van der Waals surface area contributed by atoms with E-state index in [0.29, 0.717) is 0 Å². The van der Waals surface area contributed by atoms with Gasteiger partial charge in [0.2, 0.25) is 0 Å². The van der Waals surface area contributed by atoms with Crippen LogP contribution in [-0.4, -0.2) is 26.3 Å². The molecule has 0 amide bonds. The molecule has 1 rings (SSSR count). The van der Waals surface area contributed by atoms with Gasteiger partial charge in [-0.15, -0.1) is 4.67 Å². The molecule has 20 heavy (non-hydrogen) atoms. The highest BCUT2D eigenvalue weighted by atomic mass is 35.5. The van der Waals surface area contributed by atoms with Gasteiger partial charge in [-0.05, 0) is 25.1 Å². The summed E-state index contributed by atoms with van der Waals surface area (Å²) >= 11 is 11.4. The molecule has 1 unspecified atom stereocenters. The smallest absolute Gasteiger partial charge is 0.321 e. The monoisotopic (exact) mass is 364 g/mol. The van der Waals surface area contributed by atoms with Crippen LogP contribution in [0.5, 0.6) is 0 Å². The summed E-state index contributed by atoms with van der Waals surface area (Å²) in [6.45, 7) is 1.53. The van der Waals surface area contributed by atoms with Gasteiger partial charge in [0, 0.05) is 5.02 Å². The lowest BCUT2D eigenvalue weighted by Crippen LogP contribution is -2.10. The van der Waals surface area contributed by atoms with E-state index in [0.717, 1.165) is 6.07 Å². The Balaban J connectivity index is 2.86. The standard InChI is InChI=1S/C9H11Cl2O7PS/c1-2-16-18-19(12,13)6-17-20(14,15)9-5-7(10)3-4-8(9)11/h3-5H,2,6H2,1H3,(H,12,13). The van der Waals surface area contributed by atoms with E-state index in [1.54, 1.807) is 0 Å². The SMILES string of the molecule is CCOOP(=O)(O)COS(=O)(=O)c1cc(Cl)ccc1Cl. The highest BCUT2D eigenvalue weighted by Gasteiger charge is 2.28. The summed E-state index contributed by atoms with van der Waals surface area (Å²) < 4.78 is 43.6. The molecule has 0 bridgehead atoms. The van der Waals surface area contributed by atoms with Crippen molar-refractivity contribution in [1.29, 1.82) is 0 Å². The summed E-state index contributed by atoms with van der Waals surface area (Å²) in [5, 5.41) is -0.0118. The molecule has 0 aliphatic heterocycles. The predicted octanol–water partition coefficient (Wildman–Crippen LogP) is 2.81. The van der Waals surface area contributed by atoms with Gasteiger partial charge in [-0.1, -0.05) is 23.2 Å². The molecule has 114 valence electrons. The molecule has 0 spiro atoms. The van der Waals surface area contributed by atoms with E-state index < -0.39 is 29.0 Å². The van der Waals surface area contributed by atoms with Gasteiger partial charge < -0.3 is 4.89 Å². The van der Waals surface area contributed by atoms with Crippen molar-refractivity contribution in [3.63, 3.8) is 0 Å². The highest BCUT2D eigenvalue weighted by molar-refractivity contribution is 7.87. The lowest BCUT2D eigenvalue weighted by atomic mass is 10.4. The Morgan fingerprint density at radius 3 is 2.60 bits per heavy atom. The fourth-order valence-corrected chi connectivity index (χ4v) is 3.77. The van der Waals surface area contributed by atoms with Crippen LogP contribution in [0.2, 0.25) is 10.0 Å². The molecule has 0 aromatic heterocycles. The summed E-state index contributed by atoms with van der Waals surface area (Å²) in [6.07, 6.45) is -1.11. The molecule has 0 saturated heterocycles. The summed E-state index contributed by atoms with van der Waals surface area (Å²) in [5.41, 5.74) is 0. The Kier molecular flexibility index (Phi) is 6.43. The third-order valence-corrected chi connectivity index (χ3v) is 4.77. The Labute approximate surface area is 125 Å². The van der Waals surface area contributed by atoms with E-state index in [1.807, 2.05) is 0 Å². The lowest BCUT2D eigenvalue weighted by molar-refractivity contribution is -0.209. The highest BCUT2D eigenvalue weighted by Crippen LogP contribution is 2.43. The molecule has 0 radical (unpaired) electrons. The van der Waals surface area contributed by atoms with E-state index in [-0.39, 0.29) is 16.7 Å². The number of halogens is 2. The van der Waals surface area contributed by atoms with Crippen LogP contribution in [0.1, 0.15) is 6.92 Å². The molecule has 1 N–H and O–H groups in total. The third-order valence-electron chi connectivity index (χ3n) is 1.82. The quantitative estimate of drug-likeness (QED) is 0.343. The molecule has 0 heterocycles. The summed E-state index contributed by atoms with van der Waals surface area (Å²) in [7, 11) is -8.71. The Morgan fingerprint density at radius 2 is 2.00 bits per heavy atom. The van der Waals surface area contributed by atoms with Crippen LogP contribution in [0.15, 0.2) is 23.1 Å². The van der Waals surface area contributed by atoms with Crippen LogP contribution < -0.4 is 0 Å². The van der Waals surface area contributed by atoms with Crippen LogP contribution in [0.4, 0.5) is 0 Å². The Bertz CT molecular complexity index is 619. The lowest BCUT2D eigenvalue weighted by Gasteiger charge is -2.11. The van der Waals surface area contributed by atoms with E-state index in [9.17, 15) is 17.9 Å². The largest absolute Gasteiger partial charge is 0.381 e. The fourth-order valence-electron chi connectivity index (χ4n) is 1.02. The summed E-state index contributed by atoms with van der Waals surface area (Å²) in [4.78, 5) is 13.1. The first-order valence-corrected chi connectivity index (χ1v) is 9.08. The summed E-state index contributed by atoms with van der Waals surface area (Å²) in [5.74, 6) is 0. The molecular formula is C9H11Cl2O7PS. The minimum absolute atomic E-state index is 0.0113. The summed E-state index contributed by atoms with van der Waals surface area (Å²) in [6, 6.07) is 3.71. The normalized spacial score (nSPS) is 15.0. The van der Waals surface area contributed by atoms with Crippen LogP contribution in [-0.2, 0) is 28.4 Å². The predicted molar refractivity (Wildman–Crippen MR) is 72.1 cm³/mol. The van der Waals surface area contributed by atoms with Crippen molar-refractivity contribution in [3.05, 3.63) is 28.2 Å². The number of rotatable bonds is 7. The molecule has 11 heteroatoms. The van der Waals surface area contributed by atoms with Gasteiger partial charge in [0.25, 0.3) is 10.1 Å². The number of benzene rings is 1. The van der Waals surface area contributed by atoms with Gasteiger partial charge in [0.05, 0.1) is 11.6 Å². The molecule has 7 nitrogen and oxygen atoms in total. The average molecular weight is 365 g/mol. The molecule has 0 fully saturated rings. The molecule has 1 atom stereocenters. The molecule has 1 aromatic rings. The van der Waals surface area contributed by atoms with Gasteiger partial charge in [-0.2, -0.15) is 8.42 Å². The van der Waals surface area contributed by atoms with Gasteiger partial charge in [-0.3, -0.25) is 8.75 Å². The molecule has 0 aliphatic carbocycles. The first-order valence-electron chi connectivity index (χ1n) is 5.15. The van der Waals surface area contributed by atoms with E-state index in [1.165, 1.54) is 19.1 Å². The van der Waals surface area contributed by atoms with Crippen molar-refractivity contribution in [2.45, 2.75) is 11.8 Å². The first-order chi connectivity index (χ1) is 9.18. The van der Waals surface area contributed by atoms with Crippen molar-refractivity contribution < 1.29 is 31.6 Å². The Hall–Kier alpha value is -0.180. The number of hydrogen-bond donors (Lipinski definition) is 1. The average Bonchev–Trinajstić information content (AvgIpc) is 2.37. The van der Waals surface area contributed by atoms with Crippen LogP contribution in [0.25, 0.3) is 0 Å². The van der Waals surface area contributed by atoms with Crippen LogP contribution in [0.3, 0.4) is 0 Å². The second-order valence-corrected chi connectivity index (χ2v) is 7.50. The molecular weight excluding hydrogens is 354 g/mol. The third kappa shape index (κ3) is 5.31. The van der Waals surface area contributed by atoms with Crippen molar-refractivity contribution >= 4 is 40.9 Å². The van der Waals surface area contributed by atoms with Crippen molar-refractivity contribution in [2.75, 3.05) is 13.0 Å². The van der Waals surface area contributed by atoms with Crippen molar-refractivity contribution in [3.8, 4) is 0 Å². The number of hydrogen-bond acceptors (Lipinski definition) is 6. The van der Waals surface area contributed by atoms with Crippen LogP contribution in [0, 0.1) is 0 Å². The first kappa shape index (κ1) is 17.9. The molecule has 0 saturated carbocycles.